The predicted octanol–water partition coefficient (Wildman–Crippen LogP) is 3.55. The van der Waals surface area contributed by atoms with Crippen LogP contribution >= 0.6 is 0 Å². The summed E-state index contributed by atoms with van der Waals surface area (Å²) in [4.78, 5) is 31.3. The van der Waals surface area contributed by atoms with Crippen LogP contribution in [-0.4, -0.2) is 38.6 Å². The minimum atomic E-state index is -1.20. The number of carbonyl (C=O) groups is 2. The number of carbonyl (C=O) groups excluding carboxylic acids is 1. The number of amides is 1. The third-order valence-electron chi connectivity index (χ3n) is 4.51. The maximum atomic E-state index is 12.1. The van der Waals surface area contributed by atoms with Gasteiger partial charge in [0.1, 0.15) is 12.3 Å². The van der Waals surface area contributed by atoms with Crippen molar-refractivity contribution in [1.82, 2.24) is 15.3 Å². The van der Waals surface area contributed by atoms with E-state index in [-0.39, 0.29) is 16.9 Å². The number of hydrogen-bond acceptors (Lipinski definition) is 6. The maximum absolute atomic E-state index is 12.1. The monoisotopic (exact) mass is 409 g/mol. The van der Waals surface area contributed by atoms with Gasteiger partial charge in [-0.05, 0) is 36.1 Å². The van der Waals surface area contributed by atoms with Crippen LogP contribution in [0.4, 0.5) is 0 Å². The quantitative estimate of drug-likeness (QED) is 0.589. The number of ether oxygens (including phenoxy) is 1. The third-order valence-corrected chi connectivity index (χ3v) is 4.51. The van der Waals surface area contributed by atoms with Gasteiger partial charge in [-0.1, -0.05) is 32.9 Å². The molecule has 0 saturated heterocycles. The lowest BCUT2D eigenvalue weighted by molar-refractivity contribution is -0.135. The second-order valence-electron chi connectivity index (χ2n) is 7.90. The van der Waals surface area contributed by atoms with E-state index in [4.69, 9.17) is 9.84 Å². The minimum Gasteiger partial charge on any atom is -0.505 e. The van der Waals surface area contributed by atoms with Crippen LogP contribution in [0.3, 0.4) is 0 Å². The summed E-state index contributed by atoms with van der Waals surface area (Å²) in [5, 5.41) is 21.7. The number of aromatic hydroxyl groups is 1. The van der Waals surface area contributed by atoms with Crippen molar-refractivity contribution in [3.8, 4) is 17.4 Å². The molecule has 0 fully saturated rings. The van der Waals surface area contributed by atoms with Crippen LogP contribution in [0.2, 0.25) is 0 Å². The van der Waals surface area contributed by atoms with Crippen LogP contribution in [0.25, 0.3) is 10.9 Å². The number of aliphatic carboxylic acids is 1. The summed E-state index contributed by atoms with van der Waals surface area (Å²) in [6.45, 7) is 7.41. The summed E-state index contributed by atoms with van der Waals surface area (Å²) in [7, 11) is 0. The number of rotatable bonds is 5. The van der Waals surface area contributed by atoms with E-state index < -0.39 is 18.4 Å². The fraction of sp³-hybridized carbons (Fsp3) is 0.273. The number of hydrogen-bond donors (Lipinski definition) is 3. The van der Waals surface area contributed by atoms with Crippen LogP contribution < -0.4 is 10.1 Å². The van der Waals surface area contributed by atoms with Crippen molar-refractivity contribution in [3.05, 3.63) is 53.3 Å². The molecule has 8 nitrogen and oxygen atoms in total. The summed E-state index contributed by atoms with van der Waals surface area (Å²) in [6.07, 6.45) is 0. The Morgan fingerprint density at radius 3 is 2.53 bits per heavy atom. The molecule has 156 valence electrons. The largest absolute Gasteiger partial charge is 0.505 e. The zero-order valence-corrected chi connectivity index (χ0v) is 17.2. The van der Waals surface area contributed by atoms with Crippen LogP contribution in [0.1, 0.15) is 42.5 Å². The van der Waals surface area contributed by atoms with E-state index in [0.29, 0.717) is 28.2 Å². The lowest BCUT2D eigenvalue weighted by atomic mass is 9.87. The Labute approximate surface area is 173 Å². The summed E-state index contributed by atoms with van der Waals surface area (Å²) >= 11 is 0. The van der Waals surface area contributed by atoms with Gasteiger partial charge in [0, 0.05) is 11.5 Å². The minimum absolute atomic E-state index is 0.0277. The average molecular weight is 409 g/mol. The molecule has 0 radical (unpaired) electrons. The van der Waals surface area contributed by atoms with Gasteiger partial charge in [-0.15, -0.1) is 0 Å². The molecule has 0 unspecified atom stereocenters. The maximum Gasteiger partial charge on any atom is 0.322 e. The molecule has 0 atom stereocenters. The van der Waals surface area contributed by atoms with Gasteiger partial charge in [0.2, 0.25) is 5.88 Å². The first-order valence-electron chi connectivity index (χ1n) is 9.35. The zero-order chi connectivity index (χ0) is 22.1. The van der Waals surface area contributed by atoms with Crippen LogP contribution in [0.5, 0.6) is 17.4 Å². The number of carboxylic acids is 1. The highest BCUT2D eigenvalue weighted by atomic mass is 16.5. The van der Waals surface area contributed by atoms with E-state index in [1.54, 1.807) is 19.1 Å². The fourth-order valence-corrected chi connectivity index (χ4v) is 2.91. The number of nitrogens with one attached hydrogen (secondary N) is 1. The van der Waals surface area contributed by atoms with Crippen LogP contribution in [-0.2, 0) is 10.2 Å². The highest BCUT2D eigenvalue weighted by Crippen LogP contribution is 2.32. The van der Waals surface area contributed by atoms with Crippen molar-refractivity contribution < 1.29 is 24.5 Å². The van der Waals surface area contributed by atoms with E-state index in [1.807, 2.05) is 24.3 Å². The molecule has 30 heavy (non-hydrogen) atoms. The first-order chi connectivity index (χ1) is 14.1. The van der Waals surface area contributed by atoms with E-state index in [2.05, 4.69) is 36.1 Å². The highest BCUT2D eigenvalue weighted by Gasteiger charge is 2.20. The van der Waals surface area contributed by atoms with E-state index in [9.17, 15) is 14.7 Å². The smallest absolute Gasteiger partial charge is 0.322 e. The molecule has 8 heteroatoms. The number of aromatic nitrogens is 2. The van der Waals surface area contributed by atoms with Gasteiger partial charge in [-0.25, -0.2) is 9.97 Å². The molecule has 1 amide bonds. The van der Waals surface area contributed by atoms with E-state index in [0.717, 1.165) is 5.56 Å². The molecule has 2 aromatic heterocycles. The highest BCUT2D eigenvalue weighted by molar-refractivity contribution is 6.02. The Hall–Kier alpha value is -3.68. The first kappa shape index (κ1) is 21.0. The second-order valence-corrected chi connectivity index (χ2v) is 7.90. The van der Waals surface area contributed by atoms with Crippen molar-refractivity contribution in [3.63, 3.8) is 0 Å². The Balaban J connectivity index is 1.94. The summed E-state index contributed by atoms with van der Waals surface area (Å²) < 4.78 is 5.89. The second kappa shape index (κ2) is 7.98. The molecule has 2 heterocycles. The van der Waals surface area contributed by atoms with Crippen LogP contribution in [0.15, 0.2) is 36.4 Å². The number of pyridine rings is 2. The Morgan fingerprint density at radius 1 is 1.13 bits per heavy atom. The van der Waals surface area contributed by atoms with Gasteiger partial charge in [0.15, 0.2) is 11.4 Å². The molecule has 3 aromatic rings. The number of fused-ring (bicyclic) bond motifs is 1. The SMILES string of the molecule is Cc1nc(C(=O)NCC(=O)O)c(O)c2ccc(Oc3cccc(C(C)(C)C)c3)nc12. The Bertz CT molecular complexity index is 1140. The van der Waals surface area contributed by atoms with Gasteiger partial charge in [0.05, 0.1) is 11.2 Å². The number of benzene rings is 1. The molecule has 0 spiro atoms. The molecule has 1 aromatic carbocycles. The average Bonchev–Trinajstić information content (AvgIpc) is 2.68. The molecule has 3 N–H and O–H groups in total. The lowest BCUT2D eigenvalue weighted by Gasteiger charge is -2.19. The van der Waals surface area contributed by atoms with Gasteiger partial charge >= 0.3 is 5.97 Å². The number of aryl methyl sites for hydroxylation is 1. The predicted molar refractivity (Wildman–Crippen MR) is 111 cm³/mol. The third kappa shape index (κ3) is 4.48. The molecule has 0 aliphatic heterocycles. The molecule has 0 aliphatic carbocycles. The van der Waals surface area contributed by atoms with Gasteiger partial charge in [-0.2, -0.15) is 0 Å². The zero-order valence-electron chi connectivity index (χ0n) is 17.2. The normalized spacial score (nSPS) is 11.3. The Kier molecular flexibility index (Phi) is 5.60. The summed E-state index contributed by atoms with van der Waals surface area (Å²) in [5.41, 5.74) is 1.62. The van der Waals surface area contributed by atoms with Gasteiger partial charge in [0.25, 0.3) is 5.91 Å². The van der Waals surface area contributed by atoms with Gasteiger partial charge < -0.3 is 20.3 Å². The van der Waals surface area contributed by atoms with E-state index >= 15 is 0 Å². The van der Waals surface area contributed by atoms with Crippen molar-refractivity contribution in [2.75, 3.05) is 6.54 Å². The summed E-state index contributed by atoms with van der Waals surface area (Å²) in [5.74, 6) is -1.39. The molecule has 0 bridgehead atoms. The standard InChI is InChI=1S/C22H23N3O5/c1-12-18-15(20(28)19(24-12)21(29)23-11-17(26)27)8-9-16(25-18)30-14-7-5-6-13(10-14)22(2,3)4/h5-10,28H,11H2,1-4H3,(H,23,29)(H,26,27). The first-order valence-corrected chi connectivity index (χ1v) is 9.35. The fourth-order valence-electron chi connectivity index (χ4n) is 2.91. The molecular formula is C22H23N3O5. The van der Waals surface area contributed by atoms with Crippen molar-refractivity contribution in [2.24, 2.45) is 0 Å². The van der Waals surface area contributed by atoms with Crippen LogP contribution in [0, 0.1) is 6.92 Å². The number of carboxylic acid groups (broad SMARTS) is 1. The molecule has 0 aliphatic rings. The molecule has 3 rings (SSSR count). The van der Waals surface area contributed by atoms with Crippen molar-refractivity contribution in [2.45, 2.75) is 33.1 Å². The summed E-state index contributed by atoms with van der Waals surface area (Å²) in [6, 6.07) is 10.9. The van der Waals surface area contributed by atoms with E-state index in [1.165, 1.54) is 0 Å². The Morgan fingerprint density at radius 2 is 1.87 bits per heavy atom. The molecular weight excluding hydrogens is 386 g/mol. The number of nitrogens with zero attached hydrogens (tertiary/aromatic N) is 2. The topological polar surface area (TPSA) is 122 Å². The van der Waals surface area contributed by atoms with Crippen molar-refractivity contribution >= 4 is 22.8 Å². The molecule has 0 saturated carbocycles. The lowest BCUT2D eigenvalue weighted by Crippen LogP contribution is -2.30. The van der Waals surface area contributed by atoms with Gasteiger partial charge in [-0.3, -0.25) is 9.59 Å². The van der Waals surface area contributed by atoms with Crippen molar-refractivity contribution in [1.29, 1.82) is 0 Å².